The average molecular weight is 393 g/mol. The molecule has 152 valence electrons. The van der Waals surface area contributed by atoms with Crippen molar-refractivity contribution in [3.8, 4) is 0 Å². The second kappa shape index (κ2) is 8.29. The monoisotopic (exact) mass is 393 g/mol. The summed E-state index contributed by atoms with van der Waals surface area (Å²) >= 11 is 0. The Morgan fingerprint density at radius 1 is 0.862 bits per heavy atom. The zero-order valence-electron chi connectivity index (χ0n) is 16.7. The van der Waals surface area contributed by atoms with Gasteiger partial charge in [-0.25, -0.2) is 9.97 Å². The van der Waals surface area contributed by atoms with Gasteiger partial charge in [0.1, 0.15) is 0 Å². The molecule has 3 heterocycles. The molecule has 4 rings (SSSR count). The fraction of sp³-hybridized carbons (Fsp3) is 0.455. The zero-order chi connectivity index (χ0) is 20.4. The Labute approximate surface area is 171 Å². The van der Waals surface area contributed by atoms with Crippen molar-refractivity contribution in [2.75, 3.05) is 44.2 Å². The maximum absolute atomic E-state index is 12.7. The van der Waals surface area contributed by atoms with Gasteiger partial charge < -0.3 is 4.90 Å². The molecule has 2 amide bonds. The summed E-state index contributed by atoms with van der Waals surface area (Å²) in [4.78, 5) is 40.1. The minimum absolute atomic E-state index is 0.119. The van der Waals surface area contributed by atoms with E-state index in [0.717, 1.165) is 51.5 Å². The van der Waals surface area contributed by atoms with Gasteiger partial charge in [-0.3, -0.25) is 19.4 Å². The number of amides is 2. The summed E-state index contributed by atoms with van der Waals surface area (Å²) in [7, 11) is 0. The molecule has 0 spiro atoms. The molecular weight excluding hydrogens is 366 g/mol. The van der Waals surface area contributed by atoms with E-state index in [2.05, 4.69) is 32.9 Å². The van der Waals surface area contributed by atoms with Crippen LogP contribution in [-0.2, 0) is 9.59 Å². The highest BCUT2D eigenvalue weighted by atomic mass is 16.2. The first-order valence-corrected chi connectivity index (χ1v) is 10.2. The normalized spacial score (nSPS) is 25.1. The fourth-order valence-corrected chi connectivity index (χ4v) is 4.35. The first-order chi connectivity index (χ1) is 14.1. The number of carbonyl (C=O) groups excluding carboxylic acids is 2. The first-order valence-electron chi connectivity index (χ1n) is 10.2. The molecule has 7 heteroatoms. The summed E-state index contributed by atoms with van der Waals surface area (Å²) < 4.78 is 0. The molecule has 1 aromatic rings. The number of allylic oxidation sites excluding steroid dienone is 2. The van der Waals surface area contributed by atoms with E-state index < -0.39 is 11.8 Å². The van der Waals surface area contributed by atoms with E-state index in [1.807, 2.05) is 6.07 Å². The van der Waals surface area contributed by atoms with Gasteiger partial charge in [0.2, 0.25) is 17.8 Å². The van der Waals surface area contributed by atoms with Crippen molar-refractivity contribution in [2.24, 2.45) is 11.8 Å². The van der Waals surface area contributed by atoms with Crippen LogP contribution in [0.2, 0.25) is 0 Å². The number of nitrogens with zero attached hydrogens (tertiary/aromatic N) is 5. The predicted molar refractivity (Wildman–Crippen MR) is 111 cm³/mol. The lowest BCUT2D eigenvalue weighted by atomic mass is 9.79. The van der Waals surface area contributed by atoms with E-state index in [-0.39, 0.29) is 11.8 Å². The number of hydrogen-bond acceptors (Lipinski definition) is 6. The molecule has 2 aliphatic heterocycles. The van der Waals surface area contributed by atoms with Gasteiger partial charge in [-0.2, -0.15) is 0 Å². The molecule has 1 aromatic heterocycles. The van der Waals surface area contributed by atoms with Gasteiger partial charge in [-0.15, -0.1) is 0 Å². The highest BCUT2D eigenvalue weighted by Crippen LogP contribution is 2.39. The maximum Gasteiger partial charge on any atom is 0.237 e. The Morgan fingerprint density at radius 3 is 2.00 bits per heavy atom. The minimum Gasteiger partial charge on any atom is -0.338 e. The summed E-state index contributed by atoms with van der Waals surface area (Å²) in [6.45, 7) is 13.1. The number of fused-ring (bicyclic) bond motifs is 1. The van der Waals surface area contributed by atoms with Crippen LogP contribution in [0.5, 0.6) is 0 Å². The summed E-state index contributed by atoms with van der Waals surface area (Å²) in [6.07, 6.45) is 8.91. The topological polar surface area (TPSA) is 69.6 Å². The molecule has 3 aliphatic rings. The SMILES string of the molecule is C=C1C=CC(=C)C2C(=O)N(CCCCN3CCN(c4ncccn4)CC3)C(=O)C12. The van der Waals surface area contributed by atoms with Crippen molar-refractivity contribution in [3.63, 3.8) is 0 Å². The van der Waals surface area contributed by atoms with Crippen molar-refractivity contribution in [3.05, 3.63) is 54.9 Å². The van der Waals surface area contributed by atoms with Crippen LogP contribution >= 0.6 is 0 Å². The van der Waals surface area contributed by atoms with Crippen molar-refractivity contribution in [1.29, 1.82) is 0 Å². The minimum atomic E-state index is -0.451. The average Bonchev–Trinajstić information content (AvgIpc) is 3.00. The molecule has 29 heavy (non-hydrogen) atoms. The molecule has 0 N–H and O–H groups in total. The molecule has 2 atom stereocenters. The lowest BCUT2D eigenvalue weighted by Crippen LogP contribution is -2.47. The van der Waals surface area contributed by atoms with Crippen molar-refractivity contribution in [1.82, 2.24) is 19.8 Å². The number of anilines is 1. The highest BCUT2D eigenvalue weighted by molar-refractivity contribution is 6.08. The number of hydrogen-bond donors (Lipinski definition) is 0. The van der Waals surface area contributed by atoms with Gasteiger partial charge in [0.05, 0.1) is 11.8 Å². The third kappa shape index (κ3) is 3.87. The van der Waals surface area contributed by atoms with Crippen LogP contribution in [0.4, 0.5) is 5.95 Å². The largest absolute Gasteiger partial charge is 0.338 e. The molecule has 2 unspecified atom stereocenters. The molecule has 1 aliphatic carbocycles. The Morgan fingerprint density at radius 2 is 1.41 bits per heavy atom. The fourth-order valence-electron chi connectivity index (χ4n) is 4.35. The van der Waals surface area contributed by atoms with E-state index in [0.29, 0.717) is 17.7 Å². The Bertz CT molecular complexity index is 806. The van der Waals surface area contributed by atoms with E-state index in [4.69, 9.17) is 0 Å². The molecule has 0 aromatic carbocycles. The number of likely N-dealkylation sites (tertiary alicyclic amines) is 1. The number of imide groups is 1. The van der Waals surface area contributed by atoms with Crippen molar-refractivity contribution in [2.45, 2.75) is 12.8 Å². The van der Waals surface area contributed by atoms with E-state index in [1.54, 1.807) is 24.5 Å². The molecule has 2 saturated heterocycles. The second-order valence-corrected chi connectivity index (χ2v) is 7.85. The summed E-state index contributed by atoms with van der Waals surface area (Å²) in [5.41, 5.74) is 1.42. The van der Waals surface area contributed by atoms with Crippen LogP contribution < -0.4 is 4.90 Å². The van der Waals surface area contributed by atoms with Gasteiger partial charge in [0, 0.05) is 45.1 Å². The lowest BCUT2D eigenvalue weighted by molar-refractivity contribution is -0.139. The number of carbonyl (C=O) groups is 2. The van der Waals surface area contributed by atoms with Crippen LogP contribution in [0.25, 0.3) is 0 Å². The summed E-state index contributed by atoms with van der Waals surface area (Å²) in [6, 6.07) is 1.83. The van der Waals surface area contributed by atoms with Crippen LogP contribution in [-0.4, -0.2) is 70.9 Å². The Hall–Kier alpha value is -2.80. The van der Waals surface area contributed by atoms with Crippen LogP contribution in [0.15, 0.2) is 54.9 Å². The van der Waals surface area contributed by atoms with Crippen molar-refractivity contribution < 1.29 is 9.59 Å². The second-order valence-electron chi connectivity index (χ2n) is 7.85. The summed E-state index contributed by atoms with van der Waals surface area (Å²) in [5, 5.41) is 0. The van der Waals surface area contributed by atoms with E-state index in [9.17, 15) is 9.59 Å². The predicted octanol–water partition coefficient (Wildman–Crippen LogP) is 1.66. The van der Waals surface area contributed by atoms with Gasteiger partial charge >= 0.3 is 0 Å². The third-order valence-electron chi connectivity index (χ3n) is 6.02. The number of unbranched alkanes of at least 4 members (excludes halogenated alkanes) is 1. The number of aromatic nitrogens is 2. The molecular formula is C22H27N5O2. The Kier molecular flexibility index (Phi) is 5.58. The Balaban J connectivity index is 1.22. The smallest absolute Gasteiger partial charge is 0.237 e. The van der Waals surface area contributed by atoms with Gasteiger partial charge in [0.15, 0.2) is 0 Å². The van der Waals surface area contributed by atoms with Gasteiger partial charge in [0.25, 0.3) is 0 Å². The van der Waals surface area contributed by atoms with Crippen LogP contribution in [0, 0.1) is 11.8 Å². The standard InChI is InChI=1S/C22H27N5O2/c1-16-6-7-17(2)19-18(16)20(28)27(21(19)29)11-4-3-10-25-12-14-26(15-13-25)22-23-8-5-9-24-22/h5-9,18-19H,1-4,10-15H2. The molecule has 0 bridgehead atoms. The number of piperazine rings is 1. The molecule has 2 fully saturated rings. The lowest BCUT2D eigenvalue weighted by Gasteiger charge is -2.34. The summed E-state index contributed by atoms with van der Waals surface area (Å²) in [5.74, 6) is -0.349. The van der Waals surface area contributed by atoms with Gasteiger partial charge in [-0.1, -0.05) is 25.3 Å². The molecule has 0 saturated carbocycles. The van der Waals surface area contributed by atoms with Crippen molar-refractivity contribution >= 4 is 17.8 Å². The quantitative estimate of drug-likeness (QED) is 0.541. The highest BCUT2D eigenvalue weighted by Gasteiger charge is 2.49. The van der Waals surface area contributed by atoms with E-state index >= 15 is 0 Å². The molecule has 0 radical (unpaired) electrons. The van der Waals surface area contributed by atoms with E-state index in [1.165, 1.54) is 4.90 Å². The zero-order valence-corrected chi connectivity index (χ0v) is 16.7. The van der Waals surface area contributed by atoms with Crippen LogP contribution in [0.3, 0.4) is 0 Å². The maximum atomic E-state index is 12.7. The van der Waals surface area contributed by atoms with Gasteiger partial charge in [-0.05, 0) is 36.6 Å². The number of rotatable bonds is 6. The first kappa shape index (κ1) is 19.5. The van der Waals surface area contributed by atoms with Crippen LogP contribution in [0.1, 0.15) is 12.8 Å². The molecule has 7 nitrogen and oxygen atoms in total. The third-order valence-corrected chi connectivity index (χ3v) is 6.02.